The van der Waals surface area contributed by atoms with Gasteiger partial charge in [0.05, 0.1) is 12.2 Å². The molecule has 2 heterocycles. The van der Waals surface area contributed by atoms with E-state index in [4.69, 9.17) is 0 Å². The van der Waals surface area contributed by atoms with Crippen LogP contribution in [-0.4, -0.2) is 42.5 Å². The van der Waals surface area contributed by atoms with Crippen molar-refractivity contribution >= 4 is 28.0 Å². The van der Waals surface area contributed by atoms with E-state index in [0.717, 1.165) is 16.5 Å². The van der Waals surface area contributed by atoms with E-state index in [0.29, 0.717) is 19.6 Å². The van der Waals surface area contributed by atoms with Crippen LogP contribution in [0.15, 0.2) is 11.6 Å². The lowest BCUT2D eigenvalue weighted by Crippen LogP contribution is -2.35. The summed E-state index contributed by atoms with van der Waals surface area (Å²) in [4.78, 5) is 19.1. The molecule has 0 aliphatic rings. The van der Waals surface area contributed by atoms with Gasteiger partial charge in [0.15, 0.2) is 10.8 Å². The summed E-state index contributed by atoms with van der Waals surface area (Å²) in [6.07, 6.45) is 2.00. The van der Waals surface area contributed by atoms with Crippen molar-refractivity contribution < 1.29 is 4.79 Å². The summed E-state index contributed by atoms with van der Waals surface area (Å²) in [5, 5.41) is 7.95. The molecule has 0 aliphatic heterocycles. The minimum absolute atomic E-state index is 0.0109. The molecule has 2 N–H and O–H groups in total. The first-order chi connectivity index (χ1) is 9.17. The number of likely N-dealkylation sites (N-methyl/N-ethyl adjacent to an activating group) is 2. The molecule has 0 aromatic carbocycles. The van der Waals surface area contributed by atoms with Crippen molar-refractivity contribution in [3.63, 3.8) is 0 Å². The third kappa shape index (κ3) is 2.87. The van der Waals surface area contributed by atoms with E-state index in [1.54, 1.807) is 11.3 Å². The zero-order valence-corrected chi connectivity index (χ0v) is 12.3. The number of carbonyl (C=O) groups is 1. The third-order valence-corrected chi connectivity index (χ3v) is 3.56. The molecular formula is C12H19N5OS. The van der Waals surface area contributed by atoms with Gasteiger partial charge in [-0.1, -0.05) is 0 Å². The Bertz CT molecular complexity index is 561. The number of amides is 1. The molecule has 0 fully saturated rings. The van der Waals surface area contributed by atoms with Crippen molar-refractivity contribution in [2.75, 3.05) is 32.1 Å². The van der Waals surface area contributed by atoms with Crippen molar-refractivity contribution in [2.45, 2.75) is 13.5 Å². The van der Waals surface area contributed by atoms with Crippen LogP contribution in [0.25, 0.3) is 4.96 Å². The molecule has 2 aromatic heterocycles. The summed E-state index contributed by atoms with van der Waals surface area (Å²) in [7, 11) is 3.79. The molecule has 19 heavy (non-hydrogen) atoms. The van der Waals surface area contributed by atoms with Crippen LogP contribution in [0, 0.1) is 0 Å². The number of nitrogens with one attached hydrogen (secondary N) is 2. The first kappa shape index (κ1) is 13.8. The molecule has 0 radical (unpaired) electrons. The van der Waals surface area contributed by atoms with Crippen LogP contribution in [-0.2, 0) is 11.3 Å². The number of imidazole rings is 1. The Kier molecular flexibility index (Phi) is 4.39. The van der Waals surface area contributed by atoms with Gasteiger partial charge in [0.25, 0.3) is 0 Å². The Morgan fingerprint density at radius 1 is 1.58 bits per heavy atom. The van der Waals surface area contributed by atoms with Crippen LogP contribution >= 0.6 is 11.3 Å². The number of hydrogen-bond acceptors (Lipinski definition) is 5. The SMILES string of the molecule is CCNC(=O)CN(C)c1nc2sccn2c1CNC. The fourth-order valence-corrected chi connectivity index (χ4v) is 2.73. The van der Waals surface area contributed by atoms with Crippen LogP contribution in [0.5, 0.6) is 0 Å². The van der Waals surface area contributed by atoms with Gasteiger partial charge in [0.1, 0.15) is 0 Å². The van der Waals surface area contributed by atoms with Crippen molar-refractivity contribution in [2.24, 2.45) is 0 Å². The molecule has 0 bridgehead atoms. The summed E-state index contributed by atoms with van der Waals surface area (Å²) in [5.74, 6) is 0.865. The average Bonchev–Trinajstić information content (AvgIpc) is 2.92. The molecule has 2 aromatic rings. The zero-order valence-electron chi connectivity index (χ0n) is 11.4. The van der Waals surface area contributed by atoms with Crippen molar-refractivity contribution in [3.05, 3.63) is 17.3 Å². The quantitative estimate of drug-likeness (QED) is 0.818. The summed E-state index contributed by atoms with van der Waals surface area (Å²) in [5.41, 5.74) is 1.07. The minimum Gasteiger partial charge on any atom is -0.355 e. The van der Waals surface area contributed by atoms with E-state index >= 15 is 0 Å². The van der Waals surface area contributed by atoms with Gasteiger partial charge in [-0.25, -0.2) is 4.98 Å². The molecule has 7 heteroatoms. The number of rotatable bonds is 6. The molecule has 0 atom stereocenters. The van der Waals surface area contributed by atoms with Gasteiger partial charge in [0.2, 0.25) is 5.91 Å². The molecule has 2 rings (SSSR count). The number of nitrogens with zero attached hydrogens (tertiary/aromatic N) is 3. The number of hydrogen-bond donors (Lipinski definition) is 2. The minimum atomic E-state index is 0.0109. The van der Waals surface area contributed by atoms with Gasteiger partial charge < -0.3 is 15.5 Å². The van der Waals surface area contributed by atoms with Crippen LogP contribution in [0.3, 0.4) is 0 Å². The maximum atomic E-state index is 11.6. The maximum Gasteiger partial charge on any atom is 0.239 e. The number of fused-ring (bicyclic) bond motifs is 1. The van der Waals surface area contributed by atoms with E-state index in [-0.39, 0.29) is 5.91 Å². The van der Waals surface area contributed by atoms with Crippen molar-refractivity contribution in [1.29, 1.82) is 0 Å². The molecule has 104 valence electrons. The van der Waals surface area contributed by atoms with Gasteiger partial charge >= 0.3 is 0 Å². The first-order valence-corrected chi connectivity index (χ1v) is 7.12. The normalized spacial score (nSPS) is 10.9. The molecule has 0 saturated heterocycles. The van der Waals surface area contributed by atoms with E-state index in [1.165, 1.54) is 0 Å². The van der Waals surface area contributed by atoms with Crippen molar-refractivity contribution in [3.8, 4) is 0 Å². The lowest BCUT2D eigenvalue weighted by Gasteiger charge is -2.17. The predicted molar refractivity (Wildman–Crippen MR) is 77.8 cm³/mol. The summed E-state index contributed by atoms with van der Waals surface area (Å²) in [6.45, 7) is 3.59. The predicted octanol–water partition coefficient (Wildman–Crippen LogP) is 0.688. The summed E-state index contributed by atoms with van der Waals surface area (Å²) in [6, 6.07) is 0. The topological polar surface area (TPSA) is 61.7 Å². The Balaban J connectivity index is 2.24. The molecule has 0 aliphatic carbocycles. The molecule has 0 spiro atoms. The number of aromatic nitrogens is 2. The van der Waals surface area contributed by atoms with Gasteiger partial charge in [-0.05, 0) is 14.0 Å². The number of thiazole rings is 1. The van der Waals surface area contributed by atoms with E-state index in [2.05, 4.69) is 20.0 Å². The highest BCUT2D eigenvalue weighted by Crippen LogP contribution is 2.23. The molecule has 1 amide bonds. The Morgan fingerprint density at radius 3 is 3.05 bits per heavy atom. The van der Waals surface area contributed by atoms with Crippen molar-refractivity contribution in [1.82, 2.24) is 20.0 Å². The number of carbonyl (C=O) groups excluding carboxylic acids is 1. The highest BCUT2D eigenvalue weighted by Gasteiger charge is 2.17. The fourth-order valence-electron chi connectivity index (χ4n) is 2.00. The average molecular weight is 281 g/mol. The van der Waals surface area contributed by atoms with Crippen LogP contribution in [0.2, 0.25) is 0 Å². The van der Waals surface area contributed by atoms with E-state index in [1.807, 2.05) is 37.5 Å². The smallest absolute Gasteiger partial charge is 0.239 e. The highest BCUT2D eigenvalue weighted by molar-refractivity contribution is 7.15. The number of anilines is 1. The van der Waals surface area contributed by atoms with Crippen LogP contribution in [0.4, 0.5) is 5.82 Å². The highest BCUT2D eigenvalue weighted by atomic mass is 32.1. The largest absolute Gasteiger partial charge is 0.355 e. The van der Waals surface area contributed by atoms with Crippen LogP contribution in [0.1, 0.15) is 12.6 Å². The monoisotopic (exact) mass is 281 g/mol. The van der Waals surface area contributed by atoms with Gasteiger partial charge in [0, 0.05) is 31.7 Å². The standard InChI is InChI=1S/C12H19N5OS/c1-4-14-10(18)8-16(3)11-9(7-13-2)17-5-6-19-12(17)15-11/h5-6,13H,4,7-8H2,1-3H3,(H,14,18). The van der Waals surface area contributed by atoms with E-state index < -0.39 is 0 Å². The lowest BCUT2D eigenvalue weighted by atomic mass is 10.3. The zero-order chi connectivity index (χ0) is 13.8. The van der Waals surface area contributed by atoms with Crippen LogP contribution < -0.4 is 15.5 Å². The maximum absolute atomic E-state index is 11.6. The second-order valence-electron chi connectivity index (χ2n) is 4.28. The second-order valence-corrected chi connectivity index (χ2v) is 5.15. The molecule has 0 unspecified atom stereocenters. The Morgan fingerprint density at radius 2 is 2.37 bits per heavy atom. The Labute approximate surface area is 116 Å². The summed E-state index contributed by atoms with van der Waals surface area (Å²) >= 11 is 1.59. The third-order valence-electron chi connectivity index (χ3n) is 2.80. The molecule has 6 nitrogen and oxygen atoms in total. The van der Waals surface area contributed by atoms with Gasteiger partial charge in [-0.3, -0.25) is 9.20 Å². The lowest BCUT2D eigenvalue weighted by molar-refractivity contribution is -0.119. The first-order valence-electron chi connectivity index (χ1n) is 6.24. The van der Waals surface area contributed by atoms with Gasteiger partial charge in [-0.15, -0.1) is 11.3 Å². The van der Waals surface area contributed by atoms with E-state index in [9.17, 15) is 4.79 Å². The molecule has 0 saturated carbocycles. The summed E-state index contributed by atoms with van der Waals surface area (Å²) < 4.78 is 2.06. The Hall–Kier alpha value is -1.60. The fraction of sp³-hybridized carbons (Fsp3) is 0.500. The van der Waals surface area contributed by atoms with Gasteiger partial charge in [-0.2, -0.15) is 0 Å². The molecular weight excluding hydrogens is 262 g/mol. The second kappa shape index (κ2) is 6.03.